The van der Waals surface area contributed by atoms with Crippen molar-refractivity contribution in [1.29, 1.82) is 0 Å². The van der Waals surface area contributed by atoms with Crippen LogP contribution in [-0.4, -0.2) is 46.5 Å². The summed E-state index contributed by atoms with van der Waals surface area (Å²) in [5, 5.41) is 1.00. The van der Waals surface area contributed by atoms with E-state index in [0.29, 0.717) is 41.4 Å². The van der Waals surface area contributed by atoms with Crippen molar-refractivity contribution in [2.45, 2.75) is 40.3 Å². The van der Waals surface area contributed by atoms with Crippen LogP contribution in [0.25, 0.3) is 10.9 Å². The minimum absolute atomic E-state index is 0.116. The van der Waals surface area contributed by atoms with E-state index in [4.69, 9.17) is 32.9 Å². The standard InChI is InChI=1S/C20H27Cl2N3O3/c1-6-24-17(23-16-11-14(22)7-8-15(16)18(24)26)13(2)25(9-10-28-5)19(27)20(3,4)12-21/h7-8,11,13H,6,9-10,12H2,1-5H3. The number of benzene rings is 1. The molecule has 0 spiro atoms. The lowest BCUT2D eigenvalue weighted by Crippen LogP contribution is -2.46. The first-order valence-corrected chi connectivity index (χ1v) is 10.1. The van der Waals surface area contributed by atoms with Gasteiger partial charge in [0.05, 0.1) is 29.0 Å². The lowest BCUT2D eigenvalue weighted by atomic mass is 9.93. The molecular weight excluding hydrogens is 401 g/mol. The molecule has 0 fully saturated rings. The molecule has 28 heavy (non-hydrogen) atoms. The molecule has 154 valence electrons. The highest BCUT2D eigenvalue weighted by Crippen LogP contribution is 2.28. The van der Waals surface area contributed by atoms with Crippen LogP contribution in [0.5, 0.6) is 0 Å². The van der Waals surface area contributed by atoms with Crippen LogP contribution in [0, 0.1) is 5.41 Å². The van der Waals surface area contributed by atoms with E-state index in [-0.39, 0.29) is 17.3 Å². The summed E-state index contributed by atoms with van der Waals surface area (Å²) in [7, 11) is 1.58. The Morgan fingerprint density at radius 3 is 2.64 bits per heavy atom. The van der Waals surface area contributed by atoms with Gasteiger partial charge in [-0.25, -0.2) is 4.98 Å². The molecule has 1 atom stereocenters. The monoisotopic (exact) mass is 427 g/mol. The molecule has 0 aliphatic carbocycles. The van der Waals surface area contributed by atoms with Crippen molar-refractivity contribution in [2.75, 3.05) is 26.1 Å². The first kappa shape index (κ1) is 22.7. The van der Waals surface area contributed by atoms with Gasteiger partial charge in [0, 0.05) is 31.1 Å². The third kappa shape index (κ3) is 4.50. The molecular formula is C20H27Cl2N3O3. The molecule has 0 saturated carbocycles. The van der Waals surface area contributed by atoms with Crippen LogP contribution in [0.4, 0.5) is 0 Å². The smallest absolute Gasteiger partial charge is 0.261 e. The van der Waals surface area contributed by atoms with Gasteiger partial charge in [-0.3, -0.25) is 14.2 Å². The number of halogens is 2. The maximum absolute atomic E-state index is 13.2. The highest BCUT2D eigenvalue weighted by molar-refractivity contribution is 6.31. The predicted octanol–water partition coefficient (Wildman–Crippen LogP) is 3.87. The van der Waals surface area contributed by atoms with Gasteiger partial charge in [-0.1, -0.05) is 11.6 Å². The summed E-state index contributed by atoms with van der Waals surface area (Å²) >= 11 is 12.1. The predicted molar refractivity (Wildman–Crippen MR) is 113 cm³/mol. The average molecular weight is 428 g/mol. The number of hydrogen-bond donors (Lipinski definition) is 0. The van der Waals surface area contributed by atoms with E-state index in [9.17, 15) is 9.59 Å². The Morgan fingerprint density at radius 1 is 1.39 bits per heavy atom. The highest BCUT2D eigenvalue weighted by atomic mass is 35.5. The molecule has 0 bridgehead atoms. The molecule has 1 unspecified atom stereocenters. The third-order valence-electron chi connectivity index (χ3n) is 4.81. The number of fused-ring (bicyclic) bond motifs is 1. The molecule has 0 aliphatic heterocycles. The summed E-state index contributed by atoms with van der Waals surface area (Å²) in [5.41, 5.74) is -0.386. The first-order valence-electron chi connectivity index (χ1n) is 9.23. The second-order valence-corrected chi connectivity index (χ2v) is 8.07. The molecule has 8 heteroatoms. The minimum Gasteiger partial charge on any atom is -0.383 e. The van der Waals surface area contributed by atoms with Crippen LogP contribution < -0.4 is 5.56 Å². The van der Waals surface area contributed by atoms with Gasteiger partial charge >= 0.3 is 0 Å². The van der Waals surface area contributed by atoms with Crippen LogP contribution in [0.2, 0.25) is 5.02 Å². The molecule has 0 saturated heterocycles. The largest absolute Gasteiger partial charge is 0.383 e. The number of rotatable bonds is 8. The number of carbonyl (C=O) groups excluding carboxylic acids is 1. The number of nitrogens with zero attached hydrogens (tertiary/aromatic N) is 3. The van der Waals surface area contributed by atoms with Crippen molar-refractivity contribution in [1.82, 2.24) is 14.5 Å². The van der Waals surface area contributed by atoms with Gasteiger partial charge in [0.2, 0.25) is 5.91 Å². The summed E-state index contributed by atoms with van der Waals surface area (Å²) in [6.07, 6.45) is 0. The van der Waals surface area contributed by atoms with Crippen LogP contribution >= 0.6 is 23.2 Å². The minimum atomic E-state index is -0.749. The Balaban J connectivity index is 2.62. The maximum Gasteiger partial charge on any atom is 0.261 e. The van der Waals surface area contributed by atoms with Crippen LogP contribution in [-0.2, 0) is 16.1 Å². The molecule has 1 heterocycles. The van der Waals surface area contributed by atoms with Crippen molar-refractivity contribution in [3.8, 4) is 0 Å². The third-order valence-corrected chi connectivity index (χ3v) is 5.72. The molecule has 1 aromatic heterocycles. The van der Waals surface area contributed by atoms with Gasteiger partial charge in [-0.15, -0.1) is 11.6 Å². The molecule has 0 radical (unpaired) electrons. The fourth-order valence-corrected chi connectivity index (χ4v) is 3.36. The fourth-order valence-electron chi connectivity index (χ4n) is 3.08. The van der Waals surface area contributed by atoms with E-state index in [1.807, 2.05) is 13.8 Å². The number of aromatic nitrogens is 2. The zero-order valence-electron chi connectivity index (χ0n) is 17.0. The Labute approximate surface area is 175 Å². The number of hydrogen-bond acceptors (Lipinski definition) is 4. The van der Waals surface area contributed by atoms with E-state index < -0.39 is 11.5 Å². The lowest BCUT2D eigenvalue weighted by Gasteiger charge is -2.35. The van der Waals surface area contributed by atoms with E-state index >= 15 is 0 Å². The number of methoxy groups -OCH3 is 1. The van der Waals surface area contributed by atoms with Gasteiger partial charge < -0.3 is 9.64 Å². The van der Waals surface area contributed by atoms with Gasteiger partial charge in [0.1, 0.15) is 5.82 Å². The van der Waals surface area contributed by atoms with Gasteiger partial charge in [0.15, 0.2) is 0 Å². The zero-order chi connectivity index (χ0) is 21.1. The van der Waals surface area contributed by atoms with E-state index in [2.05, 4.69) is 0 Å². The quantitative estimate of drug-likeness (QED) is 0.599. The van der Waals surface area contributed by atoms with E-state index in [1.54, 1.807) is 48.6 Å². The molecule has 6 nitrogen and oxygen atoms in total. The molecule has 2 rings (SSSR count). The molecule has 1 amide bonds. The Kier molecular flexibility index (Phi) is 7.48. The van der Waals surface area contributed by atoms with Crippen molar-refractivity contribution in [2.24, 2.45) is 5.41 Å². The van der Waals surface area contributed by atoms with Gasteiger partial charge in [-0.05, 0) is 45.9 Å². The number of amides is 1. The summed E-state index contributed by atoms with van der Waals surface area (Å²) in [4.78, 5) is 32.5. The van der Waals surface area contributed by atoms with Crippen LogP contribution in [0.3, 0.4) is 0 Å². The van der Waals surface area contributed by atoms with Crippen molar-refractivity contribution >= 4 is 40.0 Å². The first-order chi connectivity index (χ1) is 13.2. The average Bonchev–Trinajstić information content (AvgIpc) is 2.67. The van der Waals surface area contributed by atoms with Gasteiger partial charge in [-0.2, -0.15) is 0 Å². The molecule has 2 aromatic rings. The molecule has 0 N–H and O–H groups in total. The van der Waals surface area contributed by atoms with Crippen LogP contribution in [0.15, 0.2) is 23.0 Å². The summed E-state index contributed by atoms with van der Waals surface area (Å²) in [5.74, 6) is 0.579. The second kappa shape index (κ2) is 9.25. The van der Waals surface area contributed by atoms with Crippen molar-refractivity contribution in [3.05, 3.63) is 39.4 Å². The highest BCUT2D eigenvalue weighted by Gasteiger charge is 2.35. The zero-order valence-corrected chi connectivity index (χ0v) is 18.5. The Bertz CT molecular complexity index is 911. The normalized spacial score (nSPS) is 13.0. The molecule has 0 aliphatic rings. The van der Waals surface area contributed by atoms with Crippen molar-refractivity contribution < 1.29 is 9.53 Å². The number of carbonyl (C=O) groups is 1. The topological polar surface area (TPSA) is 64.4 Å². The summed E-state index contributed by atoms with van der Waals surface area (Å²) in [6, 6.07) is 4.57. The summed E-state index contributed by atoms with van der Waals surface area (Å²) in [6.45, 7) is 8.52. The lowest BCUT2D eigenvalue weighted by molar-refractivity contribution is -0.142. The number of ether oxygens (including phenoxy) is 1. The van der Waals surface area contributed by atoms with E-state index in [0.717, 1.165) is 0 Å². The second-order valence-electron chi connectivity index (χ2n) is 7.37. The van der Waals surface area contributed by atoms with Crippen molar-refractivity contribution in [3.63, 3.8) is 0 Å². The van der Waals surface area contributed by atoms with Crippen LogP contribution in [0.1, 0.15) is 39.6 Å². The molecule has 1 aromatic carbocycles. The SMILES string of the molecule is CCn1c(C(C)N(CCOC)C(=O)C(C)(C)CCl)nc2cc(Cl)ccc2c1=O. The Hall–Kier alpha value is -1.63. The maximum atomic E-state index is 13.2. The number of alkyl halides is 1. The van der Waals surface area contributed by atoms with Gasteiger partial charge in [0.25, 0.3) is 5.56 Å². The fraction of sp³-hybridized carbons (Fsp3) is 0.550. The summed E-state index contributed by atoms with van der Waals surface area (Å²) < 4.78 is 6.79. The Morgan fingerprint density at radius 2 is 2.07 bits per heavy atom. The van der Waals surface area contributed by atoms with E-state index in [1.165, 1.54) is 0 Å².